The van der Waals surface area contributed by atoms with Crippen LogP contribution in [0.1, 0.15) is 11.1 Å². The topological polar surface area (TPSA) is 79.8 Å². The Labute approximate surface area is 198 Å². The number of sulfonamides is 1. The first kappa shape index (κ1) is 23.6. The van der Waals surface area contributed by atoms with Crippen molar-refractivity contribution in [2.24, 2.45) is 0 Å². The Hall–Kier alpha value is -3.56. The molecule has 0 aliphatic carbocycles. The number of benzene rings is 2. The molecule has 1 saturated heterocycles. The second-order valence-corrected chi connectivity index (χ2v) is 9.75. The van der Waals surface area contributed by atoms with Gasteiger partial charge in [0.25, 0.3) is 0 Å². The highest BCUT2D eigenvalue weighted by Gasteiger charge is 2.28. The second kappa shape index (κ2) is 10.6. The Balaban J connectivity index is 1.31. The smallest absolute Gasteiger partial charge is 0.246 e. The predicted molar refractivity (Wildman–Crippen MR) is 127 cm³/mol. The number of hydrogen-bond acceptors (Lipinski definition) is 5. The molecule has 0 bridgehead atoms. The molecule has 34 heavy (non-hydrogen) atoms. The predicted octanol–water partition coefficient (Wildman–Crippen LogP) is 3.70. The molecule has 176 valence electrons. The summed E-state index contributed by atoms with van der Waals surface area (Å²) in [5, 5.41) is 0. The van der Waals surface area contributed by atoms with E-state index >= 15 is 0 Å². The van der Waals surface area contributed by atoms with Gasteiger partial charge in [0, 0.05) is 38.5 Å². The summed E-state index contributed by atoms with van der Waals surface area (Å²) >= 11 is 0. The number of hydrogen-bond donors (Lipinski definition) is 0. The average molecular weight is 482 g/mol. The highest BCUT2D eigenvalue weighted by atomic mass is 32.2. The van der Waals surface area contributed by atoms with E-state index in [4.69, 9.17) is 4.74 Å². The summed E-state index contributed by atoms with van der Waals surface area (Å²) in [5.41, 5.74) is 1.24. The Kier molecular flexibility index (Phi) is 7.34. The largest absolute Gasteiger partial charge is 0.453 e. The number of rotatable bonds is 7. The molecule has 0 spiro atoms. The lowest BCUT2D eigenvalue weighted by molar-refractivity contribution is -0.127. The summed E-state index contributed by atoms with van der Waals surface area (Å²) in [5.74, 6) is -0.394. The molecule has 1 fully saturated rings. The van der Waals surface area contributed by atoms with E-state index in [1.165, 1.54) is 34.8 Å². The van der Waals surface area contributed by atoms with E-state index in [0.717, 1.165) is 5.56 Å². The second-order valence-electron chi connectivity index (χ2n) is 7.78. The maximum atomic E-state index is 14.4. The van der Waals surface area contributed by atoms with Gasteiger partial charge in [0.1, 0.15) is 5.75 Å². The minimum Gasteiger partial charge on any atom is -0.453 e. The SMILES string of the molecule is O=C(/C=C/c1ccc(Oc2cccnc2)c(F)c1)N1CCN(S(=O)(=O)Cc2ccccc2)CC1. The van der Waals surface area contributed by atoms with Crippen LogP contribution in [0.3, 0.4) is 0 Å². The van der Waals surface area contributed by atoms with Gasteiger partial charge in [-0.2, -0.15) is 4.31 Å². The van der Waals surface area contributed by atoms with Gasteiger partial charge in [-0.1, -0.05) is 36.4 Å². The fourth-order valence-corrected chi connectivity index (χ4v) is 5.09. The first-order valence-corrected chi connectivity index (χ1v) is 12.4. The molecule has 0 saturated carbocycles. The van der Waals surface area contributed by atoms with Crippen molar-refractivity contribution in [2.45, 2.75) is 5.75 Å². The number of carbonyl (C=O) groups is 1. The fourth-order valence-electron chi connectivity index (χ4n) is 3.57. The molecule has 1 aliphatic heterocycles. The fraction of sp³-hybridized carbons (Fsp3) is 0.200. The molecule has 0 atom stereocenters. The monoisotopic (exact) mass is 481 g/mol. The van der Waals surface area contributed by atoms with Crippen LogP contribution in [0.15, 0.2) is 79.1 Å². The lowest BCUT2D eigenvalue weighted by atomic mass is 10.2. The zero-order valence-electron chi connectivity index (χ0n) is 18.4. The minimum absolute atomic E-state index is 0.0595. The van der Waals surface area contributed by atoms with Gasteiger partial charge in [0.2, 0.25) is 15.9 Å². The lowest BCUT2D eigenvalue weighted by Gasteiger charge is -2.33. The maximum Gasteiger partial charge on any atom is 0.246 e. The average Bonchev–Trinajstić information content (AvgIpc) is 2.85. The van der Waals surface area contributed by atoms with Crippen molar-refractivity contribution in [1.82, 2.24) is 14.2 Å². The minimum atomic E-state index is -3.45. The zero-order valence-corrected chi connectivity index (χ0v) is 19.2. The zero-order chi connectivity index (χ0) is 24.0. The molecular weight excluding hydrogens is 457 g/mol. The van der Waals surface area contributed by atoms with Gasteiger partial charge in [-0.25, -0.2) is 12.8 Å². The van der Waals surface area contributed by atoms with E-state index in [1.807, 2.05) is 6.07 Å². The number of nitrogens with zero attached hydrogens (tertiary/aromatic N) is 3. The van der Waals surface area contributed by atoms with Gasteiger partial charge in [-0.05, 0) is 41.5 Å². The molecular formula is C25H24FN3O4S. The van der Waals surface area contributed by atoms with E-state index in [9.17, 15) is 17.6 Å². The molecule has 2 aromatic carbocycles. The normalized spacial score (nSPS) is 14.9. The molecule has 0 radical (unpaired) electrons. The van der Waals surface area contributed by atoms with E-state index < -0.39 is 15.8 Å². The van der Waals surface area contributed by atoms with Crippen LogP contribution in [-0.2, 0) is 20.6 Å². The third-order valence-electron chi connectivity index (χ3n) is 5.37. The van der Waals surface area contributed by atoms with Crippen LogP contribution in [0.2, 0.25) is 0 Å². The van der Waals surface area contributed by atoms with Crippen LogP contribution in [0.25, 0.3) is 6.08 Å². The summed E-state index contributed by atoms with van der Waals surface area (Å²) in [6.07, 6.45) is 5.97. The quantitative estimate of drug-likeness (QED) is 0.481. The molecule has 9 heteroatoms. The van der Waals surface area contributed by atoms with Crippen molar-refractivity contribution in [2.75, 3.05) is 26.2 Å². The van der Waals surface area contributed by atoms with Crippen molar-refractivity contribution < 1.29 is 22.3 Å². The molecule has 1 amide bonds. The first-order chi connectivity index (χ1) is 16.4. The van der Waals surface area contributed by atoms with Crippen LogP contribution < -0.4 is 4.74 Å². The summed E-state index contributed by atoms with van der Waals surface area (Å²) in [6.45, 7) is 1.07. The molecule has 0 N–H and O–H groups in total. The van der Waals surface area contributed by atoms with Crippen LogP contribution in [-0.4, -0.2) is 54.7 Å². The van der Waals surface area contributed by atoms with E-state index in [0.29, 0.717) is 24.4 Å². The Morgan fingerprint density at radius 2 is 1.79 bits per heavy atom. The molecule has 1 aromatic heterocycles. The summed E-state index contributed by atoms with van der Waals surface area (Å²) in [7, 11) is -3.45. The first-order valence-electron chi connectivity index (χ1n) is 10.8. The third kappa shape index (κ3) is 6.06. The van der Waals surface area contributed by atoms with Gasteiger partial charge in [-0.3, -0.25) is 9.78 Å². The van der Waals surface area contributed by atoms with Crippen LogP contribution >= 0.6 is 0 Å². The summed E-state index contributed by atoms with van der Waals surface area (Å²) in [6, 6.07) is 16.8. The van der Waals surface area contributed by atoms with E-state index in [2.05, 4.69) is 4.98 Å². The van der Waals surface area contributed by atoms with Gasteiger partial charge in [0.05, 0.1) is 11.9 Å². The highest BCUT2D eigenvalue weighted by molar-refractivity contribution is 7.88. The third-order valence-corrected chi connectivity index (χ3v) is 7.22. The number of aromatic nitrogens is 1. The molecule has 1 aliphatic rings. The number of ether oxygens (including phenoxy) is 1. The summed E-state index contributed by atoms with van der Waals surface area (Å²) in [4.78, 5) is 18.1. The molecule has 2 heterocycles. The standard InChI is InChI=1S/C25H24FN3O4S/c26-23-17-20(8-10-24(23)33-22-7-4-12-27-18-22)9-11-25(30)28-13-15-29(16-14-28)34(31,32)19-21-5-2-1-3-6-21/h1-12,17-18H,13-16,19H2/b11-9+. The summed E-state index contributed by atoms with van der Waals surface area (Å²) < 4.78 is 46.6. The van der Waals surface area contributed by atoms with Crippen LogP contribution in [0, 0.1) is 5.82 Å². The number of carbonyl (C=O) groups excluding carboxylic acids is 1. The Bertz CT molecular complexity index is 1260. The number of piperazine rings is 1. The van der Waals surface area contributed by atoms with Crippen molar-refractivity contribution in [3.8, 4) is 11.5 Å². The van der Waals surface area contributed by atoms with Crippen LogP contribution in [0.5, 0.6) is 11.5 Å². The van der Waals surface area contributed by atoms with Gasteiger partial charge in [-0.15, -0.1) is 0 Å². The molecule has 0 unspecified atom stereocenters. The van der Waals surface area contributed by atoms with Gasteiger partial charge < -0.3 is 9.64 Å². The molecule has 7 nitrogen and oxygen atoms in total. The molecule has 4 rings (SSSR count). The van der Waals surface area contributed by atoms with Gasteiger partial charge >= 0.3 is 0 Å². The Morgan fingerprint density at radius 3 is 2.47 bits per heavy atom. The van der Waals surface area contributed by atoms with Crippen molar-refractivity contribution in [3.05, 3.63) is 96.1 Å². The number of pyridine rings is 1. The highest BCUT2D eigenvalue weighted by Crippen LogP contribution is 2.25. The van der Waals surface area contributed by atoms with Crippen molar-refractivity contribution >= 4 is 22.0 Å². The lowest BCUT2D eigenvalue weighted by Crippen LogP contribution is -2.50. The van der Waals surface area contributed by atoms with E-state index in [-0.39, 0.29) is 30.5 Å². The van der Waals surface area contributed by atoms with Gasteiger partial charge in [0.15, 0.2) is 11.6 Å². The Morgan fingerprint density at radius 1 is 1.03 bits per heavy atom. The van der Waals surface area contributed by atoms with Crippen molar-refractivity contribution in [3.63, 3.8) is 0 Å². The molecule has 3 aromatic rings. The number of halogens is 1. The van der Waals surface area contributed by atoms with Crippen LogP contribution in [0.4, 0.5) is 4.39 Å². The van der Waals surface area contributed by atoms with Crippen molar-refractivity contribution in [1.29, 1.82) is 0 Å². The maximum absolute atomic E-state index is 14.4. The van der Waals surface area contributed by atoms with E-state index in [1.54, 1.807) is 53.6 Å². The number of amides is 1.